The van der Waals surface area contributed by atoms with Crippen molar-refractivity contribution in [2.75, 3.05) is 13.1 Å². The van der Waals surface area contributed by atoms with Gasteiger partial charge in [-0.25, -0.2) is 4.98 Å². The van der Waals surface area contributed by atoms with Crippen LogP contribution in [-0.2, 0) is 6.42 Å². The highest BCUT2D eigenvalue weighted by atomic mass is 16.2. The van der Waals surface area contributed by atoms with Crippen molar-refractivity contribution in [1.82, 2.24) is 24.6 Å². The molecule has 6 heteroatoms. The topological polar surface area (TPSA) is 66.8 Å². The minimum atomic E-state index is 0.0421. The van der Waals surface area contributed by atoms with E-state index in [2.05, 4.69) is 26.7 Å². The highest BCUT2D eigenvalue weighted by Gasteiger charge is 2.28. The van der Waals surface area contributed by atoms with Crippen molar-refractivity contribution in [3.8, 4) is 11.3 Å². The lowest BCUT2D eigenvalue weighted by atomic mass is 10.0. The minimum absolute atomic E-state index is 0.0421. The number of aromatic nitrogens is 4. The molecular formula is C20H23N5O. The number of hydrogen-bond acceptors (Lipinski definition) is 3. The summed E-state index contributed by atoms with van der Waals surface area (Å²) in [5.74, 6) is 1.12. The van der Waals surface area contributed by atoms with E-state index < -0.39 is 0 Å². The molecule has 1 saturated heterocycles. The molecule has 6 nitrogen and oxygen atoms in total. The number of nitrogens with one attached hydrogen (secondary N) is 1. The first-order valence-electron chi connectivity index (χ1n) is 9.17. The Labute approximate surface area is 152 Å². The van der Waals surface area contributed by atoms with Gasteiger partial charge in [0.25, 0.3) is 5.91 Å². The van der Waals surface area contributed by atoms with Gasteiger partial charge in [0.15, 0.2) is 0 Å². The summed E-state index contributed by atoms with van der Waals surface area (Å²) >= 11 is 0. The molecule has 1 fully saturated rings. The molecule has 134 valence electrons. The lowest BCUT2D eigenvalue weighted by Gasteiger charge is -2.34. The maximum absolute atomic E-state index is 13.2. The second kappa shape index (κ2) is 7.15. The van der Waals surface area contributed by atoms with Gasteiger partial charge < -0.3 is 9.47 Å². The molecule has 1 N–H and O–H groups in total. The monoisotopic (exact) mass is 349 g/mol. The number of carbonyl (C=O) groups is 1. The fourth-order valence-corrected chi connectivity index (χ4v) is 3.76. The number of likely N-dealkylation sites (tertiary alicyclic amines) is 1. The van der Waals surface area contributed by atoms with Crippen molar-refractivity contribution in [3.05, 3.63) is 60.3 Å². The Bertz CT molecular complexity index is 883. The van der Waals surface area contributed by atoms with Gasteiger partial charge in [0.2, 0.25) is 0 Å². The number of imidazole rings is 1. The van der Waals surface area contributed by atoms with E-state index >= 15 is 0 Å². The van der Waals surface area contributed by atoms with Crippen LogP contribution in [0.3, 0.4) is 0 Å². The molecule has 1 aliphatic heterocycles. The van der Waals surface area contributed by atoms with E-state index in [1.807, 2.05) is 47.6 Å². The van der Waals surface area contributed by atoms with Gasteiger partial charge in [-0.05, 0) is 12.8 Å². The molecule has 2 aromatic heterocycles. The smallest absolute Gasteiger partial charge is 0.257 e. The summed E-state index contributed by atoms with van der Waals surface area (Å²) in [6.07, 6.45) is 8.49. The van der Waals surface area contributed by atoms with Gasteiger partial charge >= 0.3 is 0 Å². The van der Waals surface area contributed by atoms with E-state index in [0.717, 1.165) is 42.9 Å². The molecule has 3 aromatic rings. The van der Waals surface area contributed by atoms with Crippen molar-refractivity contribution in [2.45, 2.75) is 32.2 Å². The summed E-state index contributed by atoms with van der Waals surface area (Å²) in [5, 5.41) is 7.11. The number of hydrogen-bond donors (Lipinski definition) is 1. The van der Waals surface area contributed by atoms with Gasteiger partial charge in [0.05, 0.1) is 23.5 Å². The summed E-state index contributed by atoms with van der Waals surface area (Å²) < 4.78 is 2.23. The lowest BCUT2D eigenvalue weighted by molar-refractivity contribution is 0.0679. The van der Waals surface area contributed by atoms with Crippen LogP contribution in [0.5, 0.6) is 0 Å². The molecule has 4 rings (SSSR count). The number of carbonyl (C=O) groups excluding carboxylic acids is 1. The first kappa shape index (κ1) is 16.6. The van der Waals surface area contributed by atoms with E-state index in [0.29, 0.717) is 12.1 Å². The Kier molecular flexibility index (Phi) is 4.56. The van der Waals surface area contributed by atoms with Crippen molar-refractivity contribution in [3.63, 3.8) is 0 Å². The van der Waals surface area contributed by atoms with Gasteiger partial charge in [0.1, 0.15) is 5.82 Å². The number of H-pyrrole nitrogens is 1. The van der Waals surface area contributed by atoms with Crippen molar-refractivity contribution >= 4 is 5.91 Å². The molecule has 0 unspecified atom stereocenters. The van der Waals surface area contributed by atoms with E-state index in [9.17, 15) is 4.79 Å². The maximum atomic E-state index is 13.2. The van der Waals surface area contributed by atoms with E-state index in [4.69, 9.17) is 0 Å². The van der Waals surface area contributed by atoms with Crippen molar-refractivity contribution in [1.29, 1.82) is 0 Å². The van der Waals surface area contributed by atoms with Crippen molar-refractivity contribution in [2.24, 2.45) is 0 Å². The molecule has 1 aromatic carbocycles. The number of rotatable bonds is 4. The van der Waals surface area contributed by atoms with Gasteiger partial charge in [-0.15, -0.1) is 0 Å². The molecular weight excluding hydrogens is 326 g/mol. The summed E-state index contributed by atoms with van der Waals surface area (Å²) in [6.45, 7) is 3.61. The Balaban J connectivity index is 1.57. The molecule has 3 heterocycles. The average molecular weight is 349 g/mol. The Morgan fingerprint density at radius 1 is 1.31 bits per heavy atom. The molecule has 26 heavy (non-hydrogen) atoms. The third kappa shape index (κ3) is 3.03. The molecule has 0 aliphatic carbocycles. The number of nitrogens with zero attached hydrogens (tertiary/aromatic N) is 4. The summed E-state index contributed by atoms with van der Waals surface area (Å²) in [5.41, 5.74) is 2.40. The van der Waals surface area contributed by atoms with E-state index in [1.165, 1.54) is 0 Å². The van der Waals surface area contributed by atoms with Crippen LogP contribution in [0.2, 0.25) is 0 Å². The van der Waals surface area contributed by atoms with Crippen LogP contribution in [-0.4, -0.2) is 43.6 Å². The second-order valence-corrected chi connectivity index (χ2v) is 6.68. The second-order valence-electron chi connectivity index (χ2n) is 6.68. The molecule has 0 spiro atoms. The summed E-state index contributed by atoms with van der Waals surface area (Å²) in [7, 11) is 0. The van der Waals surface area contributed by atoms with Crippen LogP contribution in [0.25, 0.3) is 11.3 Å². The van der Waals surface area contributed by atoms with Crippen LogP contribution in [0.15, 0.2) is 48.9 Å². The highest BCUT2D eigenvalue weighted by Crippen LogP contribution is 2.27. The molecule has 0 radical (unpaired) electrons. The van der Waals surface area contributed by atoms with E-state index in [-0.39, 0.29) is 11.9 Å². The zero-order valence-electron chi connectivity index (χ0n) is 14.9. The minimum Gasteiger partial charge on any atom is -0.336 e. The SMILES string of the molecule is CCc1nccn1[C@@H]1CCCN(C(=O)c2cn[nH]c2-c2ccccc2)C1. The first-order chi connectivity index (χ1) is 12.8. The molecule has 0 bridgehead atoms. The van der Waals surface area contributed by atoms with Gasteiger partial charge in [-0.3, -0.25) is 9.89 Å². The average Bonchev–Trinajstić information content (AvgIpc) is 3.37. The van der Waals surface area contributed by atoms with Crippen LogP contribution in [0, 0.1) is 0 Å². The number of piperidine rings is 1. The molecule has 1 atom stereocenters. The van der Waals surface area contributed by atoms with Gasteiger partial charge in [-0.1, -0.05) is 37.3 Å². The third-order valence-corrected chi connectivity index (χ3v) is 5.07. The zero-order valence-corrected chi connectivity index (χ0v) is 14.9. The quantitative estimate of drug-likeness (QED) is 0.786. The van der Waals surface area contributed by atoms with Crippen LogP contribution in [0.1, 0.15) is 42.0 Å². The van der Waals surface area contributed by atoms with Crippen LogP contribution < -0.4 is 0 Å². The number of aromatic amines is 1. The van der Waals surface area contributed by atoms with Gasteiger partial charge in [0, 0.05) is 37.5 Å². The van der Waals surface area contributed by atoms with Gasteiger partial charge in [-0.2, -0.15) is 5.10 Å². The Hall–Kier alpha value is -2.89. The standard InChI is InChI=1S/C20H23N5O/c1-2-18-21-10-12-25(18)16-9-6-11-24(14-16)20(26)17-13-22-23-19(17)15-7-4-3-5-8-15/h3-5,7-8,10,12-13,16H,2,6,9,11,14H2,1H3,(H,22,23)/t16-/m1/s1. The predicted octanol–water partition coefficient (Wildman–Crippen LogP) is 3.31. The van der Waals surface area contributed by atoms with Crippen LogP contribution in [0.4, 0.5) is 0 Å². The molecule has 1 aliphatic rings. The van der Waals surface area contributed by atoms with E-state index in [1.54, 1.807) is 6.20 Å². The Morgan fingerprint density at radius 3 is 2.96 bits per heavy atom. The highest BCUT2D eigenvalue weighted by molar-refractivity contribution is 5.99. The van der Waals surface area contributed by atoms with Crippen LogP contribution >= 0.6 is 0 Å². The maximum Gasteiger partial charge on any atom is 0.257 e. The number of aryl methyl sites for hydroxylation is 1. The lowest BCUT2D eigenvalue weighted by Crippen LogP contribution is -2.41. The number of amides is 1. The fourth-order valence-electron chi connectivity index (χ4n) is 3.76. The molecule has 1 amide bonds. The first-order valence-corrected chi connectivity index (χ1v) is 9.17. The summed E-state index contributed by atoms with van der Waals surface area (Å²) in [4.78, 5) is 19.5. The normalized spacial score (nSPS) is 17.4. The third-order valence-electron chi connectivity index (χ3n) is 5.07. The van der Waals surface area contributed by atoms with Crippen molar-refractivity contribution < 1.29 is 4.79 Å². The number of benzene rings is 1. The zero-order chi connectivity index (χ0) is 17.9. The largest absolute Gasteiger partial charge is 0.336 e. The summed E-state index contributed by atoms with van der Waals surface area (Å²) in [6, 6.07) is 10.2. The predicted molar refractivity (Wildman–Crippen MR) is 99.8 cm³/mol. The Morgan fingerprint density at radius 2 is 2.15 bits per heavy atom. The fraction of sp³-hybridized carbons (Fsp3) is 0.350. The molecule has 0 saturated carbocycles.